The molecule has 1 aromatic carbocycles. The van der Waals surface area contributed by atoms with Gasteiger partial charge in [-0.1, -0.05) is 36.7 Å². The maximum atomic E-state index is 11.9. The monoisotopic (exact) mass is 309 g/mol. The molecule has 0 saturated heterocycles. The van der Waals surface area contributed by atoms with E-state index >= 15 is 0 Å². The van der Waals surface area contributed by atoms with Gasteiger partial charge < -0.3 is 0 Å². The number of sulfonamides is 1. The molecule has 6 heteroatoms. The lowest BCUT2D eigenvalue weighted by Crippen LogP contribution is -2.31. The molecule has 2 unspecified atom stereocenters. The van der Waals surface area contributed by atoms with E-state index in [0.717, 1.165) is 5.56 Å². The molecule has 0 fully saturated rings. The first-order valence-corrected chi connectivity index (χ1v) is 8.22. The van der Waals surface area contributed by atoms with Gasteiger partial charge in [-0.15, -0.1) is 11.6 Å². The molecule has 18 heavy (non-hydrogen) atoms. The zero-order valence-corrected chi connectivity index (χ0v) is 12.7. The van der Waals surface area contributed by atoms with Gasteiger partial charge in [-0.3, -0.25) is 0 Å². The molecule has 0 bridgehead atoms. The normalized spacial score (nSPS) is 15.3. The fourth-order valence-corrected chi connectivity index (χ4v) is 3.79. The number of nitrogens with one attached hydrogen (secondary N) is 1. The van der Waals surface area contributed by atoms with Crippen LogP contribution >= 0.6 is 23.2 Å². The first-order chi connectivity index (χ1) is 8.35. The second kappa shape index (κ2) is 6.75. The Bertz CT molecular complexity index is 491. The first kappa shape index (κ1) is 15.8. The lowest BCUT2D eigenvalue weighted by molar-refractivity contribution is 0.555. The van der Waals surface area contributed by atoms with E-state index in [1.165, 1.54) is 0 Å². The smallest absolute Gasteiger partial charge is 0.212 e. The van der Waals surface area contributed by atoms with Crippen molar-refractivity contribution < 1.29 is 8.42 Å². The Morgan fingerprint density at radius 2 is 1.89 bits per heavy atom. The van der Waals surface area contributed by atoms with Gasteiger partial charge in [0.25, 0.3) is 0 Å². The molecule has 0 aromatic heterocycles. The summed E-state index contributed by atoms with van der Waals surface area (Å²) < 4.78 is 26.4. The van der Waals surface area contributed by atoms with Crippen molar-refractivity contribution in [1.29, 1.82) is 0 Å². The van der Waals surface area contributed by atoms with Crippen LogP contribution in [-0.2, 0) is 10.0 Å². The molecule has 0 radical (unpaired) electrons. The van der Waals surface area contributed by atoms with Crippen LogP contribution in [0, 0.1) is 5.92 Å². The summed E-state index contributed by atoms with van der Waals surface area (Å²) in [7, 11) is -3.35. The summed E-state index contributed by atoms with van der Waals surface area (Å²) in [4.78, 5) is 0. The van der Waals surface area contributed by atoms with Crippen molar-refractivity contribution in [3.8, 4) is 0 Å². The largest absolute Gasteiger partial charge is 0.212 e. The lowest BCUT2D eigenvalue weighted by atomic mass is 10.1. The minimum Gasteiger partial charge on any atom is -0.212 e. The molecule has 1 N–H and O–H groups in total. The van der Waals surface area contributed by atoms with E-state index in [0.29, 0.717) is 10.9 Å². The highest BCUT2D eigenvalue weighted by Gasteiger charge is 2.19. The average molecular weight is 310 g/mol. The Kier molecular flexibility index (Phi) is 5.92. The van der Waals surface area contributed by atoms with Crippen molar-refractivity contribution in [2.24, 2.45) is 5.92 Å². The average Bonchev–Trinajstić information content (AvgIpc) is 2.27. The zero-order chi connectivity index (χ0) is 13.8. The van der Waals surface area contributed by atoms with Gasteiger partial charge in [0.15, 0.2) is 0 Å². The highest BCUT2D eigenvalue weighted by atomic mass is 35.5. The van der Waals surface area contributed by atoms with Crippen molar-refractivity contribution in [1.82, 2.24) is 4.72 Å². The van der Waals surface area contributed by atoms with Gasteiger partial charge in [0.2, 0.25) is 10.0 Å². The summed E-state index contributed by atoms with van der Waals surface area (Å²) in [5.74, 6) is 0.259. The third kappa shape index (κ3) is 4.76. The second-order valence-electron chi connectivity index (χ2n) is 4.40. The van der Waals surface area contributed by atoms with Gasteiger partial charge in [0, 0.05) is 16.9 Å². The van der Waals surface area contributed by atoms with Crippen LogP contribution in [-0.4, -0.2) is 20.1 Å². The number of rotatable bonds is 6. The second-order valence-corrected chi connectivity index (χ2v) is 6.92. The fraction of sp³-hybridized carbons (Fsp3) is 0.500. The Balaban J connectivity index is 2.76. The van der Waals surface area contributed by atoms with Gasteiger partial charge in [-0.25, -0.2) is 13.1 Å². The SMILES string of the molecule is CC(CCl)CS(=O)(=O)NC(C)c1ccccc1Cl. The molecule has 0 heterocycles. The molecular weight excluding hydrogens is 293 g/mol. The van der Waals surface area contributed by atoms with Crippen LogP contribution in [0.2, 0.25) is 5.02 Å². The minimum atomic E-state index is -3.35. The topological polar surface area (TPSA) is 46.2 Å². The van der Waals surface area contributed by atoms with Crippen molar-refractivity contribution in [2.45, 2.75) is 19.9 Å². The number of benzene rings is 1. The van der Waals surface area contributed by atoms with Crippen LogP contribution in [0.15, 0.2) is 24.3 Å². The molecular formula is C12H17Cl2NO2S. The Hall–Kier alpha value is -0.290. The Morgan fingerprint density at radius 3 is 2.44 bits per heavy atom. The van der Waals surface area contributed by atoms with Gasteiger partial charge in [0.1, 0.15) is 0 Å². The van der Waals surface area contributed by atoms with E-state index in [2.05, 4.69) is 4.72 Å². The van der Waals surface area contributed by atoms with Crippen molar-refractivity contribution >= 4 is 33.2 Å². The highest BCUT2D eigenvalue weighted by Crippen LogP contribution is 2.22. The van der Waals surface area contributed by atoms with Crippen molar-refractivity contribution in [2.75, 3.05) is 11.6 Å². The maximum absolute atomic E-state index is 11.9. The van der Waals surface area contributed by atoms with Crippen molar-refractivity contribution in [3.63, 3.8) is 0 Å². The fourth-order valence-electron chi connectivity index (χ4n) is 1.63. The van der Waals surface area contributed by atoms with E-state index < -0.39 is 10.0 Å². The van der Waals surface area contributed by atoms with E-state index in [9.17, 15) is 8.42 Å². The maximum Gasteiger partial charge on any atom is 0.212 e. The number of halogens is 2. The molecule has 0 aliphatic heterocycles. The highest BCUT2D eigenvalue weighted by molar-refractivity contribution is 7.89. The van der Waals surface area contributed by atoms with E-state index in [4.69, 9.17) is 23.2 Å². The molecule has 0 amide bonds. The summed E-state index contributed by atoms with van der Waals surface area (Å²) in [6, 6.07) is 6.82. The quantitative estimate of drug-likeness (QED) is 0.820. The van der Waals surface area contributed by atoms with E-state index in [1.54, 1.807) is 26.0 Å². The number of hydrogen-bond acceptors (Lipinski definition) is 2. The molecule has 2 atom stereocenters. The van der Waals surface area contributed by atoms with Crippen molar-refractivity contribution in [3.05, 3.63) is 34.9 Å². The summed E-state index contributed by atoms with van der Waals surface area (Å²) >= 11 is 11.6. The van der Waals surface area contributed by atoms with Crippen LogP contribution in [0.25, 0.3) is 0 Å². The lowest BCUT2D eigenvalue weighted by Gasteiger charge is -2.17. The van der Waals surface area contributed by atoms with Crippen LogP contribution in [0.4, 0.5) is 0 Å². The van der Waals surface area contributed by atoms with Crippen LogP contribution in [0.5, 0.6) is 0 Å². The standard InChI is InChI=1S/C12H17Cl2NO2S/c1-9(7-13)8-18(16,17)15-10(2)11-5-3-4-6-12(11)14/h3-6,9-10,15H,7-8H2,1-2H3. The van der Waals surface area contributed by atoms with Gasteiger partial charge in [0.05, 0.1) is 5.75 Å². The summed E-state index contributed by atoms with van der Waals surface area (Å²) in [6.45, 7) is 3.57. The third-order valence-corrected chi connectivity index (χ3v) is 5.09. The van der Waals surface area contributed by atoms with Gasteiger partial charge in [-0.2, -0.15) is 0 Å². The first-order valence-electron chi connectivity index (χ1n) is 5.66. The van der Waals surface area contributed by atoms with Crippen LogP contribution < -0.4 is 4.72 Å². The Labute approximate surface area is 119 Å². The van der Waals surface area contributed by atoms with Crippen LogP contribution in [0.1, 0.15) is 25.5 Å². The molecule has 1 rings (SSSR count). The third-order valence-electron chi connectivity index (χ3n) is 2.50. The summed E-state index contributed by atoms with van der Waals surface area (Å²) in [5.41, 5.74) is 0.765. The molecule has 0 saturated carbocycles. The van der Waals surface area contributed by atoms with Crippen LogP contribution in [0.3, 0.4) is 0 Å². The summed E-state index contributed by atoms with van der Waals surface area (Å²) in [5, 5.41) is 0.554. The van der Waals surface area contributed by atoms with E-state index in [-0.39, 0.29) is 17.7 Å². The Morgan fingerprint density at radius 1 is 1.28 bits per heavy atom. The summed E-state index contributed by atoms with van der Waals surface area (Å²) in [6.07, 6.45) is 0. The predicted octanol–water partition coefficient (Wildman–Crippen LogP) is 3.20. The van der Waals surface area contributed by atoms with E-state index in [1.807, 2.05) is 12.1 Å². The predicted molar refractivity (Wildman–Crippen MR) is 76.7 cm³/mol. The molecule has 0 aliphatic rings. The molecule has 0 aliphatic carbocycles. The molecule has 3 nitrogen and oxygen atoms in total. The minimum absolute atomic E-state index is 0.0191. The molecule has 1 aromatic rings. The van der Waals surface area contributed by atoms with Gasteiger partial charge >= 0.3 is 0 Å². The number of hydrogen-bond donors (Lipinski definition) is 1. The zero-order valence-electron chi connectivity index (χ0n) is 10.4. The van der Waals surface area contributed by atoms with Gasteiger partial charge in [-0.05, 0) is 24.5 Å². The molecule has 102 valence electrons. The number of alkyl halides is 1. The molecule has 0 spiro atoms.